The highest BCUT2D eigenvalue weighted by molar-refractivity contribution is 9.10. The Morgan fingerprint density at radius 1 is 1.12 bits per heavy atom. The number of fused-ring (bicyclic) bond motifs is 3. The summed E-state index contributed by atoms with van der Waals surface area (Å²) in [5.41, 5.74) is 4.39. The Kier molecular flexibility index (Phi) is 5.07. The number of carbonyl (C=O) groups excluding carboxylic acids is 5. The number of aromatic nitrogens is 1. The molecule has 0 saturated heterocycles. The van der Waals surface area contributed by atoms with Crippen molar-refractivity contribution in [2.24, 2.45) is 29.4 Å². The number of benzene rings is 1. The Hall–Kier alpha value is -3.24. The topological polar surface area (TPSA) is 165 Å². The van der Waals surface area contributed by atoms with Crippen LogP contribution < -0.4 is 5.73 Å². The van der Waals surface area contributed by atoms with Crippen LogP contribution in [-0.4, -0.2) is 49.8 Å². The number of rotatable bonds is 2. The summed E-state index contributed by atoms with van der Waals surface area (Å²) < 4.78 is 0.716. The van der Waals surface area contributed by atoms with E-state index < -0.39 is 58.3 Å². The van der Waals surface area contributed by atoms with Crippen LogP contribution in [0.5, 0.6) is 5.75 Å². The van der Waals surface area contributed by atoms with Gasteiger partial charge in [0.1, 0.15) is 5.75 Å². The van der Waals surface area contributed by atoms with E-state index in [0.29, 0.717) is 21.2 Å². The van der Waals surface area contributed by atoms with Crippen LogP contribution in [-0.2, 0) is 25.6 Å². The molecule has 4 N–H and O–H groups in total. The quantitative estimate of drug-likeness (QED) is 0.490. The number of hydrogen-bond donors (Lipinski definition) is 3. The molecule has 1 aromatic heterocycles. The van der Waals surface area contributed by atoms with Gasteiger partial charge >= 0.3 is 0 Å². The van der Waals surface area contributed by atoms with E-state index in [1.165, 1.54) is 6.07 Å². The molecule has 3 aliphatic carbocycles. The van der Waals surface area contributed by atoms with Crippen LogP contribution in [0.1, 0.15) is 28.8 Å². The van der Waals surface area contributed by atoms with Crippen LogP contribution in [0.3, 0.4) is 0 Å². The number of aliphatic hydroxyl groups is 1. The van der Waals surface area contributed by atoms with E-state index in [4.69, 9.17) is 5.73 Å². The number of phenols is 1. The predicted molar refractivity (Wildman–Crippen MR) is 119 cm³/mol. The van der Waals surface area contributed by atoms with Gasteiger partial charge in [0, 0.05) is 34.8 Å². The normalized spacial score (nSPS) is 30.4. The zero-order valence-electron chi connectivity index (χ0n) is 17.7. The van der Waals surface area contributed by atoms with E-state index in [9.17, 15) is 34.2 Å². The average Bonchev–Trinajstić information content (AvgIpc) is 2.76. The molecule has 2 fully saturated rings. The van der Waals surface area contributed by atoms with Gasteiger partial charge in [0.05, 0.1) is 11.5 Å². The number of carbonyl (C=O) groups is 5. The van der Waals surface area contributed by atoms with Gasteiger partial charge in [-0.15, -0.1) is 0 Å². The highest BCUT2D eigenvalue weighted by Gasteiger charge is 2.66. The maximum Gasteiger partial charge on any atom is 0.235 e. The zero-order chi connectivity index (χ0) is 24.5. The maximum absolute atomic E-state index is 13.5. The summed E-state index contributed by atoms with van der Waals surface area (Å²) in [6, 6.07) is 4.83. The SMILES string of the molecule is NC(=O)C1C(=O)C[C@@H]2C[C@@H]3Cc4c(-c5cncc(Br)c5)ccc(O)c4C(=O)C3C(=O)[C@]2(O)C1=O. The van der Waals surface area contributed by atoms with Crippen molar-refractivity contribution in [2.75, 3.05) is 0 Å². The van der Waals surface area contributed by atoms with Crippen molar-refractivity contribution in [3.63, 3.8) is 0 Å². The third kappa shape index (κ3) is 3.01. The molecule has 34 heavy (non-hydrogen) atoms. The lowest BCUT2D eigenvalue weighted by Crippen LogP contribution is -2.68. The second-order valence-corrected chi connectivity index (χ2v) is 10.0. The van der Waals surface area contributed by atoms with Gasteiger partial charge in [0.2, 0.25) is 5.91 Å². The van der Waals surface area contributed by atoms with E-state index in [-0.39, 0.29) is 30.6 Å². The molecule has 1 heterocycles. The molecule has 0 spiro atoms. The molecule has 5 atom stereocenters. The second kappa shape index (κ2) is 7.64. The van der Waals surface area contributed by atoms with Gasteiger partial charge in [-0.25, -0.2) is 0 Å². The monoisotopic (exact) mass is 526 g/mol. The third-order valence-corrected chi connectivity index (χ3v) is 7.74. The standard InChI is InChI=1S/C24H19BrN2O7/c25-12-4-10(7-27-8-12)13-1-2-15(28)18-14(13)5-9-3-11-6-16(29)19(23(26)33)22(32)24(11,34)21(31)17(9)20(18)30/h1-2,4,7-9,11,17,19,28,34H,3,5-6H2,(H2,26,33)/t9-,11+,17?,19?,24+/m1/s1. The van der Waals surface area contributed by atoms with Gasteiger partial charge in [-0.3, -0.25) is 29.0 Å². The van der Waals surface area contributed by atoms with Crippen LogP contribution >= 0.6 is 15.9 Å². The fraction of sp³-hybridized carbons (Fsp3) is 0.333. The van der Waals surface area contributed by atoms with Crippen molar-refractivity contribution in [3.05, 3.63) is 46.2 Å². The molecule has 1 amide bonds. The molecule has 10 heteroatoms. The fourth-order valence-electron chi connectivity index (χ4n) is 5.80. The highest BCUT2D eigenvalue weighted by atomic mass is 79.9. The minimum absolute atomic E-state index is 0.0417. The average molecular weight is 527 g/mol. The van der Waals surface area contributed by atoms with Crippen LogP contribution in [0.15, 0.2) is 35.1 Å². The number of ketones is 4. The van der Waals surface area contributed by atoms with E-state index in [2.05, 4.69) is 20.9 Å². The molecule has 0 radical (unpaired) electrons. The molecule has 5 rings (SSSR count). The number of nitrogens with zero attached hydrogens (tertiary/aromatic N) is 1. The van der Waals surface area contributed by atoms with Gasteiger partial charge in [0.25, 0.3) is 0 Å². The van der Waals surface area contributed by atoms with E-state index >= 15 is 0 Å². The van der Waals surface area contributed by atoms with Crippen LogP contribution in [0.4, 0.5) is 0 Å². The number of primary amides is 1. The number of amides is 1. The first-order valence-corrected chi connectivity index (χ1v) is 11.5. The molecule has 2 aromatic rings. The molecule has 9 nitrogen and oxygen atoms in total. The summed E-state index contributed by atoms with van der Waals surface area (Å²) in [5.74, 6) is -10.2. The summed E-state index contributed by atoms with van der Waals surface area (Å²) >= 11 is 3.37. The number of nitrogens with two attached hydrogens (primary N) is 1. The van der Waals surface area contributed by atoms with Crippen LogP contribution in [0.25, 0.3) is 11.1 Å². The predicted octanol–water partition coefficient (Wildman–Crippen LogP) is 1.15. The minimum Gasteiger partial charge on any atom is -0.507 e. The number of aromatic hydroxyl groups is 1. The van der Waals surface area contributed by atoms with Crippen LogP contribution in [0, 0.1) is 23.7 Å². The summed E-state index contributed by atoms with van der Waals surface area (Å²) in [6.07, 6.45) is 3.11. The first kappa shape index (κ1) is 22.5. The lowest BCUT2D eigenvalue weighted by molar-refractivity contribution is -0.175. The Balaban J connectivity index is 1.62. The van der Waals surface area contributed by atoms with Crippen molar-refractivity contribution < 1.29 is 34.2 Å². The number of pyridine rings is 1. The zero-order valence-corrected chi connectivity index (χ0v) is 19.2. The lowest BCUT2D eigenvalue weighted by atomic mass is 9.53. The van der Waals surface area contributed by atoms with Gasteiger partial charge in [-0.05, 0) is 57.9 Å². The molecular weight excluding hydrogens is 508 g/mol. The van der Waals surface area contributed by atoms with E-state index in [1.54, 1.807) is 18.5 Å². The van der Waals surface area contributed by atoms with Crippen molar-refractivity contribution >= 4 is 45.0 Å². The first-order chi connectivity index (χ1) is 16.1. The lowest BCUT2D eigenvalue weighted by Gasteiger charge is -2.48. The largest absolute Gasteiger partial charge is 0.507 e. The number of halogens is 1. The summed E-state index contributed by atoms with van der Waals surface area (Å²) in [6.45, 7) is 0. The Morgan fingerprint density at radius 3 is 2.53 bits per heavy atom. The molecule has 0 bridgehead atoms. The van der Waals surface area contributed by atoms with Crippen LogP contribution in [0.2, 0.25) is 0 Å². The van der Waals surface area contributed by atoms with E-state index in [1.807, 2.05) is 6.07 Å². The second-order valence-electron chi connectivity index (χ2n) is 9.12. The molecule has 1 aromatic carbocycles. The van der Waals surface area contributed by atoms with Crippen molar-refractivity contribution in [1.29, 1.82) is 0 Å². The van der Waals surface area contributed by atoms with Crippen molar-refractivity contribution in [2.45, 2.75) is 24.9 Å². The fourth-order valence-corrected chi connectivity index (χ4v) is 6.16. The number of Topliss-reactive ketones (excluding diaryl/α,β-unsaturated/α-hetero) is 4. The molecule has 0 aliphatic heterocycles. The highest BCUT2D eigenvalue weighted by Crippen LogP contribution is 2.51. The third-order valence-electron chi connectivity index (χ3n) is 7.30. The number of phenolic OH excluding ortho intramolecular Hbond substituents is 1. The van der Waals surface area contributed by atoms with Crippen molar-refractivity contribution in [1.82, 2.24) is 4.98 Å². The Morgan fingerprint density at radius 2 is 1.85 bits per heavy atom. The molecule has 2 unspecified atom stereocenters. The van der Waals surface area contributed by atoms with Gasteiger partial charge in [0.15, 0.2) is 34.7 Å². The Bertz CT molecular complexity index is 1320. The number of hydrogen-bond acceptors (Lipinski definition) is 8. The summed E-state index contributed by atoms with van der Waals surface area (Å²) in [5, 5.41) is 21.8. The maximum atomic E-state index is 13.5. The van der Waals surface area contributed by atoms with Gasteiger partial charge in [-0.1, -0.05) is 6.07 Å². The van der Waals surface area contributed by atoms with Gasteiger partial charge in [-0.2, -0.15) is 0 Å². The first-order valence-electron chi connectivity index (χ1n) is 10.7. The molecule has 3 aliphatic rings. The van der Waals surface area contributed by atoms with Crippen molar-refractivity contribution in [3.8, 4) is 16.9 Å². The van der Waals surface area contributed by atoms with Gasteiger partial charge < -0.3 is 15.9 Å². The summed E-state index contributed by atoms with van der Waals surface area (Å²) in [7, 11) is 0. The Labute approximate surface area is 201 Å². The minimum atomic E-state index is -2.65. The molecular formula is C24H19BrN2O7. The smallest absolute Gasteiger partial charge is 0.235 e. The molecule has 2 saturated carbocycles. The summed E-state index contributed by atoms with van der Waals surface area (Å²) in [4.78, 5) is 68.3. The molecule has 174 valence electrons. The van der Waals surface area contributed by atoms with E-state index in [0.717, 1.165) is 0 Å².